The summed E-state index contributed by atoms with van der Waals surface area (Å²) in [7, 11) is -3.40. The highest BCUT2D eigenvalue weighted by Crippen LogP contribution is 2.27. The van der Waals surface area contributed by atoms with Gasteiger partial charge in [0.25, 0.3) is 5.91 Å². The lowest BCUT2D eigenvalue weighted by atomic mass is 10.1. The average Bonchev–Trinajstić information content (AvgIpc) is 2.27. The molecule has 0 spiro atoms. The number of carbonyl (C=O) groups is 1. The SMILES string of the molecule is CCOc1cc(CC)c(S(C)(=O)=O)cc1C(N)=O. The van der Waals surface area contributed by atoms with E-state index < -0.39 is 15.7 Å². The quantitative estimate of drug-likeness (QED) is 0.870. The normalized spacial score (nSPS) is 11.3. The smallest absolute Gasteiger partial charge is 0.252 e. The Bertz CT molecular complexity index is 564. The van der Waals surface area contributed by atoms with Gasteiger partial charge in [0.2, 0.25) is 0 Å². The summed E-state index contributed by atoms with van der Waals surface area (Å²) in [4.78, 5) is 11.4. The minimum absolute atomic E-state index is 0.0921. The predicted octanol–water partition coefficient (Wildman–Crippen LogP) is 1.15. The Morgan fingerprint density at radius 3 is 2.33 bits per heavy atom. The van der Waals surface area contributed by atoms with Gasteiger partial charge in [0.05, 0.1) is 17.1 Å². The van der Waals surface area contributed by atoms with E-state index in [4.69, 9.17) is 10.5 Å². The van der Waals surface area contributed by atoms with Crippen LogP contribution in [-0.2, 0) is 16.3 Å². The number of amides is 1. The van der Waals surface area contributed by atoms with Crippen molar-refractivity contribution in [2.75, 3.05) is 12.9 Å². The molecule has 0 aliphatic rings. The number of hydrogen-bond acceptors (Lipinski definition) is 4. The fourth-order valence-electron chi connectivity index (χ4n) is 1.69. The zero-order chi connectivity index (χ0) is 13.9. The summed E-state index contributed by atoms with van der Waals surface area (Å²) in [5.74, 6) is -0.375. The van der Waals surface area contributed by atoms with Crippen molar-refractivity contribution < 1.29 is 17.9 Å². The standard InChI is InChI=1S/C12H17NO4S/c1-4-8-6-10(17-5-2)9(12(13)14)7-11(8)18(3,15)16/h6-7H,4-5H2,1-3H3,(H2,13,14). The lowest BCUT2D eigenvalue weighted by molar-refractivity contribution is 0.0996. The van der Waals surface area contributed by atoms with Gasteiger partial charge in [0, 0.05) is 6.26 Å². The molecule has 0 saturated carbocycles. The molecular formula is C12H17NO4S. The Kier molecular flexibility index (Phi) is 4.34. The van der Waals surface area contributed by atoms with Gasteiger partial charge in [-0.05, 0) is 31.0 Å². The van der Waals surface area contributed by atoms with Crippen molar-refractivity contribution >= 4 is 15.7 Å². The fraction of sp³-hybridized carbons (Fsp3) is 0.417. The molecule has 1 aromatic rings. The van der Waals surface area contributed by atoms with Crippen LogP contribution in [-0.4, -0.2) is 27.2 Å². The van der Waals surface area contributed by atoms with Crippen LogP contribution in [0.3, 0.4) is 0 Å². The number of nitrogens with two attached hydrogens (primary N) is 1. The number of hydrogen-bond donors (Lipinski definition) is 1. The van der Waals surface area contributed by atoms with Crippen LogP contribution in [0.4, 0.5) is 0 Å². The van der Waals surface area contributed by atoms with Gasteiger partial charge in [0.15, 0.2) is 9.84 Å². The van der Waals surface area contributed by atoms with E-state index in [0.29, 0.717) is 24.3 Å². The maximum absolute atomic E-state index is 11.7. The average molecular weight is 271 g/mol. The first-order valence-corrected chi connectivity index (χ1v) is 7.50. The lowest BCUT2D eigenvalue weighted by Crippen LogP contribution is -2.15. The van der Waals surface area contributed by atoms with E-state index in [2.05, 4.69) is 0 Å². The van der Waals surface area contributed by atoms with Crippen molar-refractivity contribution in [2.24, 2.45) is 5.73 Å². The number of sulfone groups is 1. The van der Waals surface area contributed by atoms with Crippen molar-refractivity contribution in [3.63, 3.8) is 0 Å². The second-order valence-electron chi connectivity index (χ2n) is 3.88. The molecule has 0 saturated heterocycles. The maximum atomic E-state index is 11.7. The molecule has 2 N–H and O–H groups in total. The van der Waals surface area contributed by atoms with Gasteiger partial charge >= 0.3 is 0 Å². The Morgan fingerprint density at radius 2 is 1.94 bits per heavy atom. The van der Waals surface area contributed by atoms with E-state index in [9.17, 15) is 13.2 Å². The molecule has 0 radical (unpaired) electrons. The molecule has 0 aliphatic carbocycles. The third-order valence-corrected chi connectivity index (χ3v) is 3.69. The van der Waals surface area contributed by atoms with E-state index >= 15 is 0 Å². The molecule has 100 valence electrons. The van der Waals surface area contributed by atoms with Gasteiger partial charge in [-0.1, -0.05) is 6.92 Å². The molecule has 0 unspecified atom stereocenters. The molecule has 1 amide bonds. The second kappa shape index (κ2) is 5.39. The molecule has 6 heteroatoms. The number of primary amides is 1. The third-order valence-electron chi connectivity index (χ3n) is 2.51. The van der Waals surface area contributed by atoms with Crippen molar-refractivity contribution in [2.45, 2.75) is 25.2 Å². The van der Waals surface area contributed by atoms with Crippen LogP contribution >= 0.6 is 0 Å². The molecule has 0 aromatic heterocycles. The second-order valence-corrected chi connectivity index (χ2v) is 5.86. The summed E-state index contributed by atoms with van der Waals surface area (Å²) in [6.45, 7) is 3.99. The van der Waals surface area contributed by atoms with Crippen molar-refractivity contribution in [3.05, 3.63) is 23.3 Å². The van der Waals surface area contributed by atoms with Gasteiger partial charge in [-0.3, -0.25) is 4.79 Å². The van der Waals surface area contributed by atoms with Crippen molar-refractivity contribution in [1.82, 2.24) is 0 Å². The van der Waals surface area contributed by atoms with Crippen LogP contribution in [0.15, 0.2) is 17.0 Å². The predicted molar refractivity (Wildman–Crippen MR) is 68.6 cm³/mol. The molecule has 0 aliphatic heterocycles. The van der Waals surface area contributed by atoms with Gasteiger partial charge in [0.1, 0.15) is 5.75 Å². The zero-order valence-corrected chi connectivity index (χ0v) is 11.5. The lowest BCUT2D eigenvalue weighted by Gasteiger charge is -2.13. The largest absolute Gasteiger partial charge is 0.493 e. The number of aryl methyl sites for hydroxylation is 1. The van der Waals surface area contributed by atoms with E-state index in [1.165, 1.54) is 6.07 Å². The first-order valence-electron chi connectivity index (χ1n) is 5.60. The molecule has 5 nitrogen and oxygen atoms in total. The summed E-state index contributed by atoms with van der Waals surface area (Å²) in [5.41, 5.74) is 5.94. The first-order chi connectivity index (χ1) is 8.31. The van der Waals surface area contributed by atoms with Crippen LogP contribution < -0.4 is 10.5 Å². The highest BCUT2D eigenvalue weighted by Gasteiger charge is 2.19. The van der Waals surface area contributed by atoms with E-state index in [0.717, 1.165) is 6.26 Å². The minimum atomic E-state index is -3.40. The molecule has 1 aromatic carbocycles. The molecule has 18 heavy (non-hydrogen) atoms. The Balaban J connectivity index is 3.56. The number of rotatable bonds is 5. The summed E-state index contributed by atoms with van der Waals surface area (Å²) >= 11 is 0. The highest BCUT2D eigenvalue weighted by molar-refractivity contribution is 7.90. The van der Waals surface area contributed by atoms with Crippen molar-refractivity contribution in [3.8, 4) is 5.75 Å². The van der Waals surface area contributed by atoms with Gasteiger partial charge < -0.3 is 10.5 Å². The number of ether oxygens (including phenoxy) is 1. The molecule has 0 fully saturated rings. The van der Waals surface area contributed by atoms with Crippen LogP contribution in [0.5, 0.6) is 5.75 Å². The zero-order valence-electron chi connectivity index (χ0n) is 10.7. The van der Waals surface area contributed by atoms with Crippen LogP contribution in [0.25, 0.3) is 0 Å². The Labute approximate surface area is 107 Å². The minimum Gasteiger partial charge on any atom is -0.493 e. The van der Waals surface area contributed by atoms with Gasteiger partial charge in [-0.25, -0.2) is 8.42 Å². The highest BCUT2D eigenvalue weighted by atomic mass is 32.2. The third kappa shape index (κ3) is 3.01. The Hall–Kier alpha value is -1.56. The first kappa shape index (κ1) is 14.5. The maximum Gasteiger partial charge on any atom is 0.252 e. The van der Waals surface area contributed by atoms with Crippen LogP contribution in [0.1, 0.15) is 29.8 Å². The Morgan fingerprint density at radius 1 is 1.33 bits per heavy atom. The summed E-state index contributed by atoms with van der Waals surface area (Å²) in [5, 5.41) is 0. The summed E-state index contributed by atoms with van der Waals surface area (Å²) in [6.07, 6.45) is 1.63. The molecule has 0 heterocycles. The number of carbonyl (C=O) groups excluding carboxylic acids is 1. The van der Waals surface area contributed by atoms with Gasteiger partial charge in [-0.15, -0.1) is 0 Å². The summed E-state index contributed by atoms with van der Waals surface area (Å²) in [6, 6.07) is 2.86. The van der Waals surface area contributed by atoms with E-state index in [-0.39, 0.29) is 10.5 Å². The van der Waals surface area contributed by atoms with E-state index in [1.54, 1.807) is 13.0 Å². The monoisotopic (exact) mass is 271 g/mol. The van der Waals surface area contributed by atoms with E-state index in [1.807, 2.05) is 6.92 Å². The number of benzene rings is 1. The molecule has 1 rings (SSSR count). The van der Waals surface area contributed by atoms with Gasteiger partial charge in [-0.2, -0.15) is 0 Å². The fourth-order valence-corrected chi connectivity index (χ4v) is 2.70. The molecular weight excluding hydrogens is 254 g/mol. The van der Waals surface area contributed by atoms with Crippen molar-refractivity contribution in [1.29, 1.82) is 0 Å². The van der Waals surface area contributed by atoms with Crippen LogP contribution in [0, 0.1) is 0 Å². The molecule has 0 atom stereocenters. The van der Waals surface area contributed by atoms with Crippen LogP contribution in [0.2, 0.25) is 0 Å². The topological polar surface area (TPSA) is 86.5 Å². The summed E-state index contributed by atoms with van der Waals surface area (Å²) < 4.78 is 28.6. The molecule has 0 bridgehead atoms.